The molecule has 142 valence electrons. The Kier molecular flexibility index (Phi) is 5.55. The van der Waals surface area contributed by atoms with Gasteiger partial charge in [0.1, 0.15) is 5.84 Å². The molecule has 2 aromatic carbocycles. The number of hydrazine groups is 2. The number of hydrogen-bond acceptors (Lipinski definition) is 6. The minimum absolute atomic E-state index is 0.400. The second kappa shape index (κ2) is 8.41. The highest BCUT2D eigenvalue weighted by molar-refractivity contribution is 5.82. The summed E-state index contributed by atoms with van der Waals surface area (Å²) in [7, 11) is 0. The first-order valence-corrected chi connectivity index (χ1v) is 9.76. The van der Waals surface area contributed by atoms with E-state index in [1.807, 2.05) is 18.2 Å². The van der Waals surface area contributed by atoms with E-state index in [4.69, 9.17) is 4.84 Å². The Labute approximate surface area is 160 Å². The summed E-state index contributed by atoms with van der Waals surface area (Å²) in [5, 5.41) is 11.7. The van der Waals surface area contributed by atoms with Crippen molar-refractivity contribution in [2.75, 3.05) is 13.1 Å². The maximum atomic E-state index is 6.09. The standard InChI is InChI=1S/C21H27N5O/c1-2-21-23-24-26(25(21)19-12-14-22-15-13-19)27-20-10-8-18(9-11-20)16-17-6-4-3-5-7-17/h3-11,19,22,24H,2,12-16H2,1H3. The number of benzene rings is 2. The van der Waals surface area contributed by atoms with E-state index in [1.54, 1.807) is 5.28 Å². The third kappa shape index (κ3) is 4.23. The number of nitrogens with zero attached hydrogens (tertiary/aromatic N) is 3. The van der Waals surface area contributed by atoms with Crippen LogP contribution in [0.15, 0.2) is 59.7 Å². The van der Waals surface area contributed by atoms with Gasteiger partial charge in [0.05, 0.1) is 11.3 Å². The summed E-state index contributed by atoms with van der Waals surface area (Å²) in [4.78, 5) is 6.09. The van der Waals surface area contributed by atoms with Crippen LogP contribution in [-0.2, 0) is 6.42 Å². The van der Waals surface area contributed by atoms with E-state index in [0.717, 1.165) is 50.4 Å². The number of amidine groups is 1. The molecule has 0 saturated carbocycles. The molecule has 0 radical (unpaired) electrons. The summed E-state index contributed by atoms with van der Waals surface area (Å²) < 4.78 is 0. The van der Waals surface area contributed by atoms with Gasteiger partial charge in [-0.05, 0) is 55.6 Å². The van der Waals surface area contributed by atoms with Crippen LogP contribution in [0.3, 0.4) is 0 Å². The minimum atomic E-state index is 0.400. The van der Waals surface area contributed by atoms with Crippen LogP contribution < -0.4 is 15.7 Å². The zero-order valence-electron chi connectivity index (χ0n) is 15.8. The zero-order valence-corrected chi connectivity index (χ0v) is 15.8. The molecule has 6 nitrogen and oxygen atoms in total. The molecule has 27 heavy (non-hydrogen) atoms. The molecule has 0 amide bonds. The molecule has 2 heterocycles. The van der Waals surface area contributed by atoms with Crippen LogP contribution in [0.4, 0.5) is 0 Å². The van der Waals surface area contributed by atoms with Crippen molar-refractivity contribution >= 4 is 5.84 Å². The van der Waals surface area contributed by atoms with Crippen molar-refractivity contribution in [3.05, 3.63) is 65.7 Å². The minimum Gasteiger partial charge on any atom is -0.366 e. The number of piperidine rings is 1. The fourth-order valence-corrected chi connectivity index (χ4v) is 3.62. The van der Waals surface area contributed by atoms with Crippen LogP contribution >= 0.6 is 0 Å². The lowest BCUT2D eigenvalue weighted by molar-refractivity contribution is -0.226. The molecule has 2 N–H and O–H groups in total. The molecule has 1 fully saturated rings. The predicted molar refractivity (Wildman–Crippen MR) is 107 cm³/mol. The average molecular weight is 365 g/mol. The van der Waals surface area contributed by atoms with Gasteiger partial charge in [0, 0.05) is 6.42 Å². The number of hydrazone groups is 1. The van der Waals surface area contributed by atoms with Gasteiger partial charge in [-0.2, -0.15) is 5.53 Å². The number of hydrogen-bond donors (Lipinski definition) is 2. The molecular formula is C21H27N5O. The number of rotatable bonds is 6. The van der Waals surface area contributed by atoms with Gasteiger partial charge in [-0.25, -0.2) is 5.01 Å². The molecule has 0 bridgehead atoms. The maximum absolute atomic E-state index is 6.09. The third-order valence-corrected chi connectivity index (χ3v) is 5.06. The van der Waals surface area contributed by atoms with Gasteiger partial charge in [-0.1, -0.05) is 49.4 Å². The molecule has 2 aliphatic rings. The van der Waals surface area contributed by atoms with Gasteiger partial charge in [-0.15, -0.1) is 5.10 Å². The van der Waals surface area contributed by atoms with Gasteiger partial charge < -0.3 is 10.2 Å². The maximum Gasteiger partial charge on any atom is 0.152 e. The molecule has 2 aromatic rings. The molecule has 6 heteroatoms. The summed E-state index contributed by atoms with van der Waals surface area (Å²) in [5.74, 6) is 1.81. The van der Waals surface area contributed by atoms with Crippen molar-refractivity contribution in [3.8, 4) is 5.75 Å². The first-order valence-electron chi connectivity index (χ1n) is 9.76. The molecule has 0 spiro atoms. The second-order valence-corrected chi connectivity index (χ2v) is 6.98. The first-order chi connectivity index (χ1) is 13.3. The Morgan fingerprint density at radius 1 is 1.00 bits per heavy atom. The van der Waals surface area contributed by atoms with E-state index in [9.17, 15) is 0 Å². The molecule has 1 saturated heterocycles. The van der Waals surface area contributed by atoms with Crippen LogP contribution in [0, 0.1) is 0 Å². The zero-order chi connectivity index (χ0) is 18.5. The summed E-state index contributed by atoms with van der Waals surface area (Å²) in [6.07, 6.45) is 3.95. The SMILES string of the molecule is CCC1=NNN(Oc2ccc(Cc3ccccc3)cc2)N1C1CCNCC1. The summed E-state index contributed by atoms with van der Waals surface area (Å²) in [6.45, 7) is 4.18. The van der Waals surface area contributed by atoms with Gasteiger partial charge >= 0.3 is 0 Å². The Hall–Kier alpha value is -2.57. The molecule has 4 rings (SSSR count). The van der Waals surface area contributed by atoms with Gasteiger partial charge in [0.15, 0.2) is 5.75 Å². The summed E-state index contributed by atoms with van der Waals surface area (Å²) >= 11 is 0. The van der Waals surface area contributed by atoms with E-state index >= 15 is 0 Å². The second-order valence-electron chi connectivity index (χ2n) is 6.98. The van der Waals surface area contributed by atoms with Crippen LogP contribution in [0.2, 0.25) is 0 Å². The van der Waals surface area contributed by atoms with Crippen molar-refractivity contribution < 1.29 is 4.84 Å². The molecule has 0 aromatic heterocycles. The largest absolute Gasteiger partial charge is 0.366 e. The lowest BCUT2D eigenvalue weighted by atomic mass is 10.1. The fourth-order valence-electron chi connectivity index (χ4n) is 3.62. The molecule has 0 atom stereocenters. The van der Waals surface area contributed by atoms with Gasteiger partial charge in [0.25, 0.3) is 0 Å². The Bertz CT molecular complexity index is 756. The van der Waals surface area contributed by atoms with E-state index in [-0.39, 0.29) is 0 Å². The van der Waals surface area contributed by atoms with Crippen LogP contribution in [-0.4, -0.2) is 35.3 Å². The lowest BCUT2D eigenvalue weighted by Crippen LogP contribution is -2.55. The molecular weight excluding hydrogens is 338 g/mol. The molecule has 2 aliphatic heterocycles. The van der Waals surface area contributed by atoms with Crippen molar-refractivity contribution in [2.45, 2.75) is 38.6 Å². The summed E-state index contributed by atoms with van der Waals surface area (Å²) in [6, 6.07) is 19.2. The van der Waals surface area contributed by atoms with Crippen LogP contribution in [0.5, 0.6) is 5.75 Å². The van der Waals surface area contributed by atoms with Gasteiger partial charge in [-0.3, -0.25) is 0 Å². The third-order valence-electron chi connectivity index (χ3n) is 5.06. The van der Waals surface area contributed by atoms with Crippen LogP contribution in [0.25, 0.3) is 0 Å². The lowest BCUT2D eigenvalue weighted by Gasteiger charge is -2.36. The van der Waals surface area contributed by atoms with Crippen molar-refractivity contribution in [1.82, 2.24) is 21.1 Å². The average Bonchev–Trinajstić information content (AvgIpc) is 3.13. The highest BCUT2D eigenvalue weighted by Gasteiger charge is 2.34. The highest BCUT2D eigenvalue weighted by atomic mass is 16.8. The first kappa shape index (κ1) is 17.8. The number of nitrogens with one attached hydrogen (secondary N) is 2. The van der Waals surface area contributed by atoms with E-state index in [0.29, 0.717) is 6.04 Å². The summed E-state index contributed by atoms with van der Waals surface area (Å²) in [5.41, 5.74) is 5.59. The predicted octanol–water partition coefficient (Wildman–Crippen LogP) is 3.08. The molecule has 0 unspecified atom stereocenters. The smallest absolute Gasteiger partial charge is 0.152 e. The van der Waals surface area contributed by atoms with Gasteiger partial charge in [0.2, 0.25) is 0 Å². The van der Waals surface area contributed by atoms with Crippen molar-refractivity contribution in [3.63, 3.8) is 0 Å². The monoisotopic (exact) mass is 365 g/mol. The van der Waals surface area contributed by atoms with Crippen molar-refractivity contribution in [2.24, 2.45) is 5.10 Å². The van der Waals surface area contributed by atoms with E-state index < -0.39 is 0 Å². The highest BCUT2D eigenvalue weighted by Crippen LogP contribution is 2.22. The Morgan fingerprint density at radius 3 is 2.41 bits per heavy atom. The van der Waals surface area contributed by atoms with Crippen molar-refractivity contribution in [1.29, 1.82) is 0 Å². The van der Waals surface area contributed by atoms with Crippen LogP contribution in [0.1, 0.15) is 37.3 Å². The van der Waals surface area contributed by atoms with E-state index in [2.05, 4.69) is 64.3 Å². The quantitative estimate of drug-likeness (QED) is 0.824. The fraction of sp³-hybridized carbons (Fsp3) is 0.381. The van der Waals surface area contributed by atoms with E-state index in [1.165, 1.54) is 11.1 Å². The Balaban J connectivity index is 1.41. The normalized spacial score (nSPS) is 18.3. The topological polar surface area (TPSA) is 52.1 Å². The Morgan fingerprint density at radius 2 is 1.70 bits per heavy atom. The molecule has 0 aliphatic carbocycles.